The highest BCUT2D eigenvalue weighted by atomic mass is 16.5. The summed E-state index contributed by atoms with van der Waals surface area (Å²) in [6, 6.07) is 15.8. The Kier molecular flexibility index (Phi) is 6.87. The summed E-state index contributed by atoms with van der Waals surface area (Å²) in [5, 5.41) is 3.07. The summed E-state index contributed by atoms with van der Waals surface area (Å²) in [7, 11) is 3.21. The Labute approximate surface area is 150 Å². The molecule has 4 nitrogen and oxygen atoms in total. The topological polar surface area (TPSA) is 47.6 Å². The summed E-state index contributed by atoms with van der Waals surface area (Å²) in [6.07, 6.45) is 0.284. The second-order valence-electron chi connectivity index (χ2n) is 6.42. The molecule has 1 unspecified atom stereocenters. The maximum absolute atomic E-state index is 12.4. The number of methoxy groups -OCH3 is 2. The molecule has 0 heterocycles. The van der Waals surface area contributed by atoms with Crippen molar-refractivity contribution in [3.8, 4) is 11.5 Å². The van der Waals surface area contributed by atoms with Crippen molar-refractivity contribution < 1.29 is 14.3 Å². The third kappa shape index (κ3) is 5.24. The van der Waals surface area contributed by atoms with Gasteiger partial charge in [-0.05, 0) is 17.5 Å². The molecule has 1 N–H and O–H groups in total. The Morgan fingerprint density at radius 1 is 1.04 bits per heavy atom. The van der Waals surface area contributed by atoms with Crippen molar-refractivity contribution in [3.63, 3.8) is 0 Å². The second-order valence-corrected chi connectivity index (χ2v) is 6.42. The van der Waals surface area contributed by atoms with Gasteiger partial charge in [-0.15, -0.1) is 0 Å². The first-order valence-corrected chi connectivity index (χ1v) is 8.57. The number of benzene rings is 2. The SMILES string of the molecule is COc1ccc(CC(=O)NCC(c2ccccc2)C(C)C)c(OC)c1. The van der Waals surface area contributed by atoms with E-state index in [4.69, 9.17) is 9.47 Å². The van der Waals surface area contributed by atoms with Gasteiger partial charge in [0.05, 0.1) is 20.6 Å². The fraction of sp³-hybridized carbons (Fsp3) is 0.381. The Morgan fingerprint density at radius 3 is 2.36 bits per heavy atom. The van der Waals surface area contributed by atoms with E-state index in [0.29, 0.717) is 29.9 Å². The van der Waals surface area contributed by atoms with Crippen molar-refractivity contribution in [3.05, 3.63) is 59.7 Å². The predicted octanol–water partition coefficient (Wildman–Crippen LogP) is 3.80. The number of carbonyl (C=O) groups excluding carboxylic acids is 1. The molecule has 0 aliphatic heterocycles. The number of rotatable bonds is 8. The zero-order valence-corrected chi connectivity index (χ0v) is 15.4. The highest BCUT2D eigenvalue weighted by molar-refractivity contribution is 5.79. The van der Waals surface area contributed by atoms with Crippen LogP contribution in [0.2, 0.25) is 0 Å². The van der Waals surface area contributed by atoms with Crippen LogP contribution in [0.15, 0.2) is 48.5 Å². The van der Waals surface area contributed by atoms with Crippen LogP contribution in [0.5, 0.6) is 11.5 Å². The fourth-order valence-corrected chi connectivity index (χ4v) is 2.90. The molecule has 0 fully saturated rings. The second kappa shape index (κ2) is 9.11. The van der Waals surface area contributed by atoms with E-state index in [-0.39, 0.29) is 12.3 Å². The molecule has 134 valence electrons. The number of ether oxygens (including phenoxy) is 2. The molecule has 2 rings (SSSR count). The van der Waals surface area contributed by atoms with E-state index in [9.17, 15) is 4.79 Å². The van der Waals surface area contributed by atoms with Crippen LogP contribution in [0.3, 0.4) is 0 Å². The molecule has 1 amide bonds. The number of carbonyl (C=O) groups is 1. The average Bonchev–Trinajstić information content (AvgIpc) is 2.62. The lowest BCUT2D eigenvalue weighted by Crippen LogP contribution is -2.31. The Bertz CT molecular complexity index is 683. The Balaban J connectivity index is 2.00. The standard InChI is InChI=1S/C21H27NO3/c1-15(2)19(16-8-6-5-7-9-16)14-22-21(23)12-17-10-11-18(24-3)13-20(17)25-4/h5-11,13,15,19H,12,14H2,1-4H3,(H,22,23). The summed E-state index contributed by atoms with van der Waals surface area (Å²) >= 11 is 0. The number of hydrogen-bond acceptors (Lipinski definition) is 3. The molecule has 0 aromatic heterocycles. The molecule has 0 spiro atoms. The third-order valence-electron chi connectivity index (χ3n) is 4.40. The molecule has 0 aliphatic carbocycles. The highest BCUT2D eigenvalue weighted by Gasteiger charge is 2.17. The smallest absolute Gasteiger partial charge is 0.224 e. The van der Waals surface area contributed by atoms with E-state index in [1.165, 1.54) is 5.56 Å². The molecule has 2 aromatic carbocycles. The summed E-state index contributed by atoms with van der Waals surface area (Å²) in [6.45, 7) is 4.98. The number of hydrogen-bond donors (Lipinski definition) is 1. The maximum Gasteiger partial charge on any atom is 0.224 e. The van der Waals surface area contributed by atoms with Gasteiger partial charge in [0.15, 0.2) is 0 Å². The predicted molar refractivity (Wildman–Crippen MR) is 100 cm³/mol. The number of nitrogens with one attached hydrogen (secondary N) is 1. The largest absolute Gasteiger partial charge is 0.497 e. The molecule has 4 heteroatoms. The van der Waals surface area contributed by atoms with E-state index >= 15 is 0 Å². The summed E-state index contributed by atoms with van der Waals surface area (Å²) in [5.41, 5.74) is 2.10. The minimum Gasteiger partial charge on any atom is -0.497 e. The van der Waals surface area contributed by atoms with E-state index < -0.39 is 0 Å². The first kappa shape index (κ1) is 18.8. The monoisotopic (exact) mass is 341 g/mol. The lowest BCUT2D eigenvalue weighted by Gasteiger charge is -2.22. The van der Waals surface area contributed by atoms with Crippen LogP contribution < -0.4 is 14.8 Å². The average molecular weight is 341 g/mol. The maximum atomic E-state index is 12.4. The van der Waals surface area contributed by atoms with Gasteiger partial charge in [-0.3, -0.25) is 4.79 Å². The van der Waals surface area contributed by atoms with Crippen LogP contribution in [-0.4, -0.2) is 26.7 Å². The molecule has 0 radical (unpaired) electrons. The summed E-state index contributed by atoms with van der Waals surface area (Å²) < 4.78 is 10.6. The normalized spacial score (nSPS) is 11.9. The van der Waals surface area contributed by atoms with Gasteiger partial charge in [0.25, 0.3) is 0 Å². The first-order chi connectivity index (χ1) is 12.0. The quantitative estimate of drug-likeness (QED) is 0.794. The minimum absolute atomic E-state index is 0.00921. The molecule has 0 bridgehead atoms. The van der Waals surface area contributed by atoms with E-state index in [0.717, 1.165) is 5.56 Å². The van der Waals surface area contributed by atoms with Gasteiger partial charge in [-0.2, -0.15) is 0 Å². The van der Waals surface area contributed by atoms with Gasteiger partial charge in [0.1, 0.15) is 11.5 Å². The van der Waals surface area contributed by atoms with E-state index in [1.807, 2.05) is 30.3 Å². The van der Waals surface area contributed by atoms with Crippen LogP contribution in [-0.2, 0) is 11.2 Å². The van der Waals surface area contributed by atoms with Crippen LogP contribution in [0.4, 0.5) is 0 Å². The lowest BCUT2D eigenvalue weighted by molar-refractivity contribution is -0.120. The van der Waals surface area contributed by atoms with Crippen molar-refractivity contribution in [2.75, 3.05) is 20.8 Å². The molecule has 0 aliphatic rings. The first-order valence-electron chi connectivity index (χ1n) is 8.57. The van der Waals surface area contributed by atoms with Crippen molar-refractivity contribution in [1.82, 2.24) is 5.32 Å². The molecule has 0 saturated carbocycles. The fourth-order valence-electron chi connectivity index (χ4n) is 2.90. The lowest BCUT2D eigenvalue weighted by atomic mass is 9.88. The third-order valence-corrected chi connectivity index (χ3v) is 4.40. The van der Waals surface area contributed by atoms with Gasteiger partial charge in [0.2, 0.25) is 5.91 Å². The van der Waals surface area contributed by atoms with Crippen LogP contribution in [0, 0.1) is 5.92 Å². The molecule has 2 aromatic rings. The zero-order chi connectivity index (χ0) is 18.2. The van der Waals surface area contributed by atoms with Crippen molar-refractivity contribution >= 4 is 5.91 Å². The minimum atomic E-state index is -0.00921. The van der Waals surface area contributed by atoms with Gasteiger partial charge in [-0.25, -0.2) is 0 Å². The van der Waals surface area contributed by atoms with Gasteiger partial charge < -0.3 is 14.8 Å². The summed E-state index contributed by atoms with van der Waals surface area (Å²) in [5.74, 6) is 2.11. The molecular formula is C21H27NO3. The Morgan fingerprint density at radius 2 is 1.76 bits per heavy atom. The molecule has 25 heavy (non-hydrogen) atoms. The number of amides is 1. The van der Waals surface area contributed by atoms with Crippen LogP contribution >= 0.6 is 0 Å². The van der Waals surface area contributed by atoms with Gasteiger partial charge in [0, 0.05) is 24.1 Å². The van der Waals surface area contributed by atoms with Crippen molar-refractivity contribution in [2.45, 2.75) is 26.2 Å². The van der Waals surface area contributed by atoms with Gasteiger partial charge >= 0.3 is 0 Å². The molecule has 0 saturated heterocycles. The van der Waals surface area contributed by atoms with E-state index in [2.05, 4.69) is 31.3 Å². The van der Waals surface area contributed by atoms with Gasteiger partial charge in [-0.1, -0.05) is 50.2 Å². The summed E-state index contributed by atoms with van der Waals surface area (Å²) in [4.78, 5) is 12.4. The van der Waals surface area contributed by atoms with Crippen molar-refractivity contribution in [2.24, 2.45) is 5.92 Å². The van der Waals surface area contributed by atoms with Crippen LogP contribution in [0.25, 0.3) is 0 Å². The highest BCUT2D eigenvalue weighted by Crippen LogP contribution is 2.26. The van der Waals surface area contributed by atoms with E-state index in [1.54, 1.807) is 20.3 Å². The zero-order valence-electron chi connectivity index (χ0n) is 15.4. The van der Waals surface area contributed by atoms with Crippen molar-refractivity contribution in [1.29, 1.82) is 0 Å². The van der Waals surface area contributed by atoms with Crippen LogP contribution in [0.1, 0.15) is 30.9 Å². The molecule has 1 atom stereocenters. The molecular weight excluding hydrogens is 314 g/mol. The Hall–Kier alpha value is -2.49.